The van der Waals surface area contributed by atoms with E-state index in [0.717, 1.165) is 32.9 Å². The average molecular weight is 684 g/mol. The number of aryl methyl sites for hydroxylation is 1. The Labute approximate surface area is 260 Å². The SMILES string of the molecule is Cc1cc(CN(C)Cc2ccccc2)cc(C(=O)N[C@@H](Cc2cc(F)cc(F)c2)[C@@H](O)CNCc2cccc(I)c2)c1. The predicted molar refractivity (Wildman–Crippen MR) is 171 cm³/mol. The molecule has 0 aliphatic carbocycles. The van der Waals surface area contributed by atoms with Crippen LogP contribution in [-0.4, -0.2) is 41.7 Å². The summed E-state index contributed by atoms with van der Waals surface area (Å²) >= 11 is 2.24. The number of hydrogen-bond acceptors (Lipinski definition) is 4. The van der Waals surface area contributed by atoms with Gasteiger partial charge in [0, 0.05) is 41.4 Å². The number of hydrogen-bond donors (Lipinski definition) is 3. The van der Waals surface area contributed by atoms with Crippen molar-refractivity contribution in [2.24, 2.45) is 0 Å². The number of carbonyl (C=O) groups excluding carboxylic acids is 1. The van der Waals surface area contributed by atoms with Crippen molar-refractivity contribution in [3.05, 3.63) is 140 Å². The number of aliphatic hydroxyl groups is 1. The highest BCUT2D eigenvalue weighted by atomic mass is 127. The first-order valence-electron chi connectivity index (χ1n) is 13.9. The Hall–Kier alpha value is -3.18. The first kappa shape index (κ1) is 31.7. The molecule has 0 aliphatic heterocycles. The van der Waals surface area contributed by atoms with Crippen LogP contribution in [0, 0.1) is 22.1 Å². The minimum Gasteiger partial charge on any atom is -0.390 e. The molecule has 8 heteroatoms. The maximum atomic E-state index is 14.0. The van der Waals surface area contributed by atoms with E-state index < -0.39 is 23.8 Å². The largest absolute Gasteiger partial charge is 0.390 e. The second-order valence-electron chi connectivity index (χ2n) is 10.8. The maximum absolute atomic E-state index is 14.0. The molecule has 0 saturated carbocycles. The van der Waals surface area contributed by atoms with Gasteiger partial charge in [0.05, 0.1) is 12.1 Å². The Balaban J connectivity index is 1.47. The molecule has 0 unspecified atom stereocenters. The van der Waals surface area contributed by atoms with Crippen LogP contribution in [0.4, 0.5) is 8.78 Å². The van der Waals surface area contributed by atoms with Crippen LogP contribution < -0.4 is 10.6 Å². The van der Waals surface area contributed by atoms with E-state index >= 15 is 0 Å². The fourth-order valence-corrected chi connectivity index (χ4v) is 5.63. The average Bonchev–Trinajstić information content (AvgIpc) is 2.92. The highest BCUT2D eigenvalue weighted by molar-refractivity contribution is 14.1. The highest BCUT2D eigenvalue weighted by Crippen LogP contribution is 2.16. The molecule has 0 bridgehead atoms. The number of aliphatic hydroxyl groups excluding tert-OH is 1. The fourth-order valence-electron chi connectivity index (χ4n) is 5.02. The molecule has 0 spiro atoms. The number of nitrogens with zero attached hydrogens (tertiary/aromatic N) is 1. The van der Waals surface area contributed by atoms with E-state index in [0.29, 0.717) is 24.2 Å². The summed E-state index contributed by atoms with van der Waals surface area (Å²) in [6.07, 6.45) is -0.949. The van der Waals surface area contributed by atoms with E-state index in [1.54, 1.807) is 6.07 Å². The summed E-state index contributed by atoms with van der Waals surface area (Å²) in [7, 11) is 2.03. The minimum atomic E-state index is -1.01. The molecule has 4 aromatic carbocycles. The normalized spacial score (nSPS) is 12.7. The summed E-state index contributed by atoms with van der Waals surface area (Å²) in [4.78, 5) is 15.7. The fraction of sp³-hybridized carbons (Fsp3) is 0.265. The summed E-state index contributed by atoms with van der Waals surface area (Å²) in [6.45, 7) is 4.06. The summed E-state index contributed by atoms with van der Waals surface area (Å²) in [5.41, 5.74) is 5.00. The van der Waals surface area contributed by atoms with E-state index in [1.165, 1.54) is 17.7 Å². The van der Waals surface area contributed by atoms with Gasteiger partial charge in [-0.3, -0.25) is 9.69 Å². The Morgan fingerprint density at radius 2 is 1.55 bits per heavy atom. The molecule has 4 aromatic rings. The van der Waals surface area contributed by atoms with Crippen molar-refractivity contribution < 1.29 is 18.7 Å². The van der Waals surface area contributed by atoms with Gasteiger partial charge in [0.15, 0.2) is 0 Å². The molecular formula is C34H36F2IN3O2. The lowest BCUT2D eigenvalue weighted by molar-refractivity contribution is 0.0829. The van der Waals surface area contributed by atoms with E-state index in [1.807, 2.05) is 62.5 Å². The Kier molecular flexibility index (Phi) is 11.6. The molecule has 0 saturated heterocycles. The maximum Gasteiger partial charge on any atom is 0.251 e. The van der Waals surface area contributed by atoms with Gasteiger partial charge >= 0.3 is 0 Å². The van der Waals surface area contributed by atoms with Gasteiger partial charge in [-0.2, -0.15) is 0 Å². The standard InChI is InChI=1S/C34H36F2IN3O2/c1-23-11-27(22-40(2)21-24-7-4-3-5-8-24)13-28(12-23)34(42)39-32(17-26-14-29(35)18-30(36)15-26)33(41)20-38-19-25-9-6-10-31(37)16-25/h3-16,18,32-33,38,41H,17,19-22H2,1-2H3,(H,39,42)/t32-,33-/m0/s1. The van der Waals surface area contributed by atoms with E-state index in [2.05, 4.69) is 56.3 Å². The topological polar surface area (TPSA) is 64.6 Å². The quantitative estimate of drug-likeness (QED) is 0.151. The second kappa shape index (κ2) is 15.3. The lowest BCUT2D eigenvalue weighted by Crippen LogP contribution is -2.48. The molecule has 220 valence electrons. The third-order valence-corrected chi connectivity index (χ3v) is 7.55. The zero-order chi connectivity index (χ0) is 30.1. The third kappa shape index (κ3) is 9.97. The summed E-state index contributed by atoms with van der Waals surface area (Å²) < 4.78 is 29.0. The van der Waals surface area contributed by atoms with Gasteiger partial charge in [-0.15, -0.1) is 0 Å². The molecule has 4 rings (SSSR count). The zero-order valence-electron chi connectivity index (χ0n) is 23.8. The van der Waals surface area contributed by atoms with Gasteiger partial charge in [0.25, 0.3) is 5.91 Å². The van der Waals surface area contributed by atoms with Crippen LogP contribution in [0.3, 0.4) is 0 Å². The molecule has 0 fully saturated rings. The van der Waals surface area contributed by atoms with Crippen LogP contribution in [0.25, 0.3) is 0 Å². The number of carbonyl (C=O) groups is 1. The second-order valence-corrected chi connectivity index (χ2v) is 12.0. The zero-order valence-corrected chi connectivity index (χ0v) is 25.9. The molecule has 3 N–H and O–H groups in total. The number of rotatable bonds is 13. The molecule has 2 atom stereocenters. The van der Waals surface area contributed by atoms with Crippen molar-refractivity contribution >= 4 is 28.5 Å². The van der Waals surface area contributed by atoms with Crippen molar-refractivity contribution in [2.75, 3.05) is 13.6 Å². The van der Waals surface area contributed by atoms with Crippen LogP contribution in [0.5, 0.6) is 0 Å². The molecule has 42 heavy (non-hydrogen) atoms. The van der Waals surface area contributed by atoms with E-state index in [4.69, 9.17) is 0 Å². The Morgan fingerprint density at radius 1 is 0.857 bits per heavy atom. The smallest absolute Gasteiger partial charge is 0.251 e. The highest BCUT2D eigenvalue weighted by Gasteiger charge is 2.23. The number of nitrogens with one attached hydrogen (secondary N) is 2. The first-order valence-corrected chi connectivity index (χ1v) is 14.9. The molecular weight excluding hydrogens is 647 g/mol. The van der Waals surface area contributed by atoms with E-state index in [9.17, 15) is 18.7 Å². The molecule has 0 aliphatic rings. The van der Waals surface area contributed by atoms with Crippen molar-refractivity contribution in [1.82, 2.24) is 15.5 Å². The lowest BCUT2D eigenvalue weighted by atomic mass is 9.99. The lowest BCUT2D eigenvalue weighted by Gasteiger charge is -2.25. The summed E-state index contributed by atoms with van der Waals surface area (Å²) in [6, 6.07) is 26.3. The Bertz CT molecular complexity index is 1460. The third-order valence-electron chi connectivity index (χ3n) is 6.88. The molecule has 1 amide bonds. The summed E-state index contributed by atoms with van der Waals surface area (Å²) in [5.74, 6) is -1.77. The molecule has 0 radical (unpaired) electrons. The van der Waals surface area contributed by atoms with Gasteiger partial charge < -0.3 is 15.7 Å². The van der Waals surface area contributed by atoms with Gasteiger partial charge in [0.1, 0.15) is 11.6 Å². The predicted octanol–water partition coefficient (Wildman–Crippen LogP) is 6.00. The number of amides is 1. The first-order chi connectivity index (χ1) is 20.1. The monoisotopic (exact) mass is 683 g/mol. The van der Waals surface area contributed by atoms with Gasteiger partial charge in [-0.25, -0.2) is 8.78 Å². The van der Waals surface area contributed by atoms with Crippen molar-refractivity contribution in [1.29, 1.82) is 0 Å². The van der Waals surface area contributed by atoms with E-state index in [-0.39, 0.29) is 18.9 Å². The Morgan fingerprint density at radius 3 is 2.26 bits per heavy atom. The van der Waals surface area contributed by atoms with Crippen LogP contribution in [-0.2, 0) is 26.1 Å². The van der Waals surface area contributed by atoms with Crippen molar-refractivity contribution in [3.63, 3.8) is 0 Å². The van der Waals surface area contributed by atoms with Gasteiger partial charge in [-0.1, -0.05) is 54.1 Å². The number of benzene rings is 4. The van der Waals surface area contributed by atoms with Crippen LogP contribution >= 0.6 is 22.6 Å². The van der Waals surface area contributed by atoms with Crippen LogP contribution in [0.15, 0.2) is 91.0 Å². The minimum absolute atomic E-state index is 0.0605. The summed E-state index contributed by atoms with van der Waals surface area (Å²) in [5, 5.41) is 17.3. The molecule has 5 nitrogen and oxygen atoms in total. The number of halogens is 3. The van der Waals surface area contributed by atoms with Crippen molar-refractivity contribution in [3.8, 4) is 0 Å². The van der Waals surface area contributed by atoms with Crippen LogP contribution in [0.1, 0.15) is 38.2 Å². The van der Waals surface area contributed by atoms with Gasteiger partial charge in [0.2, 0.25) is 0 Å². The van der Waals surface area contributed by atoms with Gasteiger partial charge in [-0.05, 0) is 102 Å². The molecule has 0 aromatic heterocycles. The van der Waals surface area contributed by atoms with Crippen LogP contribution in [0.2, 0.25) is 0 Å². The van der Waals surface area contributed by atoms with Crippen molar-refractivity contribution in [2.45, 2.75) is 45.1 Å². The molecule has 0 heterocycles.